The van der Waals surface area contributed by atoms with Crippen molar-refractivity contribution >= 4 is 29.2 Å². The highest BCUT2D eigenvalue weighted by atomic mass is 35.5. The summed E-state index contributed by atoms with van der Waals surface area (Å²) in [5.41, 5.74) is -1.20. The second-order valence-electron chi connectivity index (χ2n) is 4.05. The summed E-state index contributed by atoms with van der Waals surface area (Å²) in [6.45, 7) is 1.78. The minimum absolute atomic E-state index is 0.134. The fourth-order valence-corrected chi connectivity index (χ4v) is 2.14. The predicted octanol–water partition coefficient (Wildman–Crippen LogP) is 3.19. The molecule has 6 heteroatoms. The first-order valence-electron chi connectivity index (χ1n) is 5.88. The molecular weight excluding hydrogens is 299 g/mol. The lowest BCUT2D eigenvalue weighted by Gasteiger charge is -2.25. The molecule has 0 aliphatic carbocycles. The molecule has 0 N–H and O–H groups in total. The molecule has 0 amide bonds. The SMILES string of the molecule is CCOC(=O)[C@](C#N)(C[C@H](Cl)C#N)c1ccc(Cl)cc1. The van der Waals surface area contributed by atoms with E-state index in [4.69, 9.17) is 33.2 Å². The molecule has 1 rings (SSSR count). The van der Waals surface area contributed by atoms with Gasteiger partial charge in [0.1, 0.15) is 5.38 Å². The van der Waals surface area contributed by atoms with Crippen molar-refractivity contribution in [3.63, 3.8) is 0 Å². The summed E-state index contributed by atoms with van der Waals surface area (Å²) < 4.78 is 4.97. The maximum atomic E-state index is 12.2. The summed E-state index contributed by atoms with van der Waals surface area (Å²) in [4.78, 5) is 12.2. The minimum atomic E-state index is -1.61. The van der Waals surface area contributed by atoms with Crippen LogP contribution in [0.3, 0.4) is 0 Å². The Morgan fingerprint density at radius 1 is 1.40 bits per heavy atom. The number of ether oxygens (including phenoxy) is 1. The van der Waals surface area contributed by atoms with Crippen molar-refractivity contribution in [3.8, 4) is 12.1 Å². The number of nitrogens with zero attached hydrogens (tertiary/aromatic N) is 2. The topological polar surface area (TPSA) is 73.9 Å². The summed E-state index contributed by atoms with van der Waals surface area (Å²) in [5, 5.41) is 17.8. The van der Waals surface area contributed by atoms with E-state index < -0.39 is 16.8 Å². The molecule has 0 unspecified atom stereocenters. The molecule has 0 aliphatic rings. The van der Waals surface area contributed by atoms with Crippen LogP contribution in [-0.4, -0.2) is 18.0 Å². The fourth-order valence-electron chi connectivity index (χ4n) is 1.78. The van der Waals surface area contributed by atoms with E-state index in [-0.39, 0.29) is 13.0 Å². The Kier molecular flexibility index (Phi) is 5.82. The van der Waals surface area contributed by atoms with E-state index in [2.05, 4.69) is 0 Å². The van der Waals surface area contributed by atoms with Crippen LogP contribution >= 0.6 is 23.2 Å². The van der Waals surface area contributed by atoms with E-state index in [0.29, 0.717) is 10.6 Å². The highest BCUT2D eigenvalue weighted by molar-refractivity contribution is 6.30. The van der Waals surface area contributed by atoms with Gasteiger partial charge in [-0.2, -0.15) is 10.5 Å². The molecule has 0 aliphatic heterocycles. The van der Waals surface area contributed by atoms with Gasteiger partial charge in [0.15, 0.2) is 5.41 Å². The second-order valence-corrected chi connectivity index (χ2v) is 5.01. The predicted molar refractivity (Wildman–Crippen MR) is 75.2 cm³/mol. The monoisotopic (exact) mass is 310 g/mol. The molecule has 0 saturated heterocycles. The summed E-state index contributed by atoms with van der Waals surface area (Å²) in [5.74, 6) is -0.717. The highest BCUT2D eigenvalue weighted by Gasteiger charge is 2.44. The molecule has 0 bridgehead atoms. The van der Waals surface area contributed by atoms with E-state index in [1.54, 1.807) is 31.2 Å². The van der Waals surface area contributed by atoms with Crippen LogP contribution < -0.4 is 0 Å². The molecule has 0 fully saturated rings. The number of carbonyl (C=O) groups is 1. The molecule has 1 aromatic carbocycles. The largest absolute Gasteiger partial charge is 0.465 e. The Morgan fingerprint density at radius 2 is 2.00 bits per heavy atom. The van der Waals surface area contributed by atoms with Gasteiger partial charge >= 0.3 is 5.97 Å². The number of alkyl halides is 1. The Bertz CT molecular complexity index is 560. The fraction of sp³-hybridized carbons (Fsp3) is 0.357. The Hall–Kier alpha value is -1.75. The maximum absolute atomic E-state index is 12.2. The summed E-state index contributed by atoms with van der Waals surface area (Å²) in [6, 6.07) is 10.0. The van der Waals surface area contributed by atoms with Gasteiger partial charge in [-0.15, -0.1) is 11.6 Å². The molecule has 1 aromatic rings. The number of benzene rings is 1. The molecule has 4 nitrogen and oxygen atoms in total. The molecular formula is C14H12Cl2N2O2. The van der Waals surface area contributed by atoms with Crippen molar-refractivity contribution in [2.24, 2.45) is 0 Å². The van der Waals surface area contributed by atoms with Gasteiger partial charge < -0.3 is 4.74 Å². The van der Waals surface area contributed by atoms with E-state index >= 15 is 0 Å². The molecule has 2 atom stereocenters. The third-order valence-electron chi connectivity index (χ3n) is 2.78. The summed E-state index contributed by atoms with van der Waals surface area (Å²) in [6.07, 6.45) is -0.151. The van der Waals surface area contributed by atoms with Gasteiger partial charge in [-0.1, -0.05) is 23.7 Å². The highest BCUT2D eigenvalue weighted by Crippen LogP contribution is 2.33. The maximum Gasteiger partial charge on any atom is 0.331 e. The third kappa shape index (κ3) is 3.42. The molecule has 0 aromatic heterocycles. The third-order valence-corrected chi connectivity index (χ3v) is 3.28. The minimum Gasteiger partial charge on any atom is -0.465 e. The van der Waals surface area contributed by atoms with E-state index in [1.165, 1.54) is 0 Å². The van der Waals surface area contributed by atoms with Crippen molar-refractivity contribution in [1.82, 2.24) is 0 Å². The first-order valence-corrected chi connectivity index (χ1v) is 6.69. The van der Waals surface area contributed by atoms with Crippen molar-refractivity contribution in [2.75, 3.05) is 6.61 Å². The van der Waals surface area contributed by atoms with Crippen molar-refractivity contribution in [2.45, 2.75) is 24.1 Å². The Morgan fingerprint density at radius 3 is 2.45 bits per heavy atom. The van der Waals surface area contributed by atoms with Crippen LogP contribution in [0, 0.1) is 22.7 Å². The lowest BCUT2D eigenvalue weighted by molar-refractivity contribution is -0.148. The van der Waals surface area contributed by atoms with Crippen molar-refractivity contribution < 1.29 is 9.53 Å². The van der Waals surface area contributed by atoms with Crippen LogP contribution in [0.5, 0.6) is 0 Å². The first kappa shape index (κ1) is 16.3. The van der Waals surface area contributed by atoms with Gasteiger partial charge in [0.25, 0.3) is 0 Å². The van der Waals surface area contributed by atoms with Gasteiger partial charge in [-0.05, 0) is 24.6 Å². The average molecular weight is 311 g/mol. The van der Waals surface area contributed by atoms with Crippen LogP contribution in [0.15, 0.2) is 24.3 Å². The number of halogens is 2. The van der Waals surface area contributed by atoms with Gasteiger partial charge in [-0.25, -0.2) is 4.79 Å². The zero-order chi connectivity index (χ0) is 15.2. The number of esters is 1. The van der Waals surface area contributed by atoms with E-state index in [9.17, 15) is 10.1 Å². The van der Waals surface area contributed by atoms with Crippen LogP contribution in [0.4, 0.5) is 0 Å². The molecule has 0 radical (unpaired) electrons. The molecule has 0 heterocycles. The number of nitriles is 2. The lowest BCUT2D eigenvalue weighted by atomic mass is 9.78. The lowest BCUT2D eigenvalue weighted by Crippen LogP contribution is -2.38. The standard InChI is InChI=1S/C14H12Cl2N2O2/c1-2-20-13(19)14(9-18,7-12(16)8-17)10-3-5-11(15)6-4-10/h3-6,12H,2,7H2,1H3/t12-,14-/m0/s1. The van der Waals surface area contributed by atoms with Crippen molar-refractivity contribution in [1.29, 1.82) is 10.5 Å². The second kappa shape index (κ2) is 7.14. The van der Waals surface area contributed by atoms with Crippen LogP contribution in [0.2, 0.25) is 5.02 Å². The van der Waals surface area contributed by atoms with E-state index in [0.717, 1.165) is 0 Å². The average Bonchev–Trinajstić information content (AvgIpc) is 2.45. The zero-order valence-corrected chi connectivity index (χ0v) is 12.3. The summed E-state index contributed by atoms with van der Waals surface area (Å²) >= 11 is 11.6. The van der Waals surface area contributed by atoms with Crippen molar-refractivity contribution in [3.05, 3.63) is 34.9 Å². The Labute approximate surface area is 127 Å². The van der Waals surface area contributed by atoms with Gasteiger partial charge in [0.2, 0.25) is 0 Å². The Balaban J connectivity index is 3.31. The number of hydrogen-bond acceptors (Lipinski definition) is 4. The molecule has 0 spiro atoms. The summed E-state index contributed by atoms with van der Waals surface area (Å²) in [7, 11) is 0. The first-order chi connectivity index (χ1) is 9.50. The van der Waals surface area contributed by atoms with Crippen LogP contribution in [0.25, 0.3) is 0 Å². The van der Waals surface area contributed by atoms with E-state index in [1.807, 2.05) is 12.1 Å². The van der Waals surface area contributed by atoms with Crippen LogP contribution in [-0.2, 0) is 14.9 Å². The van der Waals surface area contributed by atoms with Gasteiger partial charge in [-0.3, -0.25) is 0 Å². The number of hydrogen-bond donors (Lipinski definition) is 0. The smallest absolute Gasteiger partial charge is 0.331 e. The molecule has 20 heavy (non-hydrogen) atoms. The number of rotatable bonds is 5. The van der Waals surface area contributed by atoms with Gasteiger partial charge in [0, 0.05) is 11.4 Å². The molecule has 104 valence electrons. The quantitative estimate of drug-likeness (QED) is 0.618. The van der Waals surface area contributed by atoms with Crippen LogP contribution in [0.1, 0.15) is 18.9 Å². The van der Waals surface area contributed by atoms with Gasteiger partial charge in [0.05, 0.1) is 18.7 Å². The number of carbonyl (C=O) groups excluding carboxylic acids is 1. The molecule has 0 saturated carbocycles. The normalized spacial score (nSPS) is 14.4. The zero-order valence-electron chi connectivity index (χ0n) is 10.8.